The van der Waals surface area contributed by atoms with E-state index in [0.29, 0.717) is 17.4 Å². The third-order valence-electron chi connectivity index (χ3n) is 5.61. The minimum absolute atomic E-state index is 0. The number of amides is 1. The Balaban J connectivity index is 0.00000306. The lowest BCUT2D eigenvalue weighted by atomic mass is 10.0. The number of rotatable bonds is 8. The molecule has 9 heteroatoms. The van der Waals surface area contributed by atoms with Gasteiger partial charge in [-0.05, 0) is 68.6 Å². The van der Waals surface area contributed by atoms with Gasteiger partial charge in [-0.25, -0.2) is 13.4 Å². The van der Waals surface area contributed by atoms with Gasteiger partial charge in [0.2, 0.25) is 5.91 Å². The monoisotopic (exact) mass is 472 g/mol. The van der Waals surface area contributed by atoms with Crippen molar-refractivity contribution in [2.24, 2.45) is 0 Å². The van der Waals surface area contributed by atoms with Gasteiger partial charge in [0.25, 0.3) is 10.0 Å². The molecule has 0 saturated carbocycles. The fourth-order valence-corrected chi connectivity index (χ4v) is 5.62. The van der Waals surface area contributed by atoms with E-state index in [0.717, 1.165) is 19.4 Å². The van der Waals surface area contributed by atoms with E-state index < -0.39 is 10.0 Å². The first-order valence-corrected chi connectivity index (χ1v) is 12.8. The Labute approximate surface area is 194 Å². The molecule has 2 N–H and O–H groups in total. The third kappa shape index (κ3) is 5.01. The fourth-order valence-electron chi connectivity index (χ4n) is 3.83. The highest BCUT2D eigenvalue weighted by molar-refractivity contribution is 7.93. The molecule has 0 aliphatic carbocycles. The number of hydrogen-bond donors (Lipinski definition) is 2. The van der Waals surface area contributed by atoms with Crippen LogP contribution in [0.2, 0.25) is 0 Å². The summed E-state index contributed by atoms with van der Waals surface area (Å²) in [6.45, 7) is 5.52. The molecule has 2 aromatic carbocycles. The number of thiazole rings is 1. The highest BCUT2D eigenvalue weighted by Crippen LogP contribution is 2.25. The van der Waals surface area contributed by atoms with Gasteiger partial charge < -0.3 is 10.2 Å². The lowest BCUT2D eigenvalue weighted by molar-refractivity contribution is -0.118. The number of nitrogens with one attached hydrogen (secondary N) is 2. The number of aromatic nitrogens is 1. The lowest BCUT2D eigenvalue weighted by Gasteiger charge is -2.18. The van der Waals surface area contributed by atoms with Crippen LogP contribution in [0.15, 0.2) is 58.9 Å². The lowest BCUT2D eigenvalue weighted by Crippen LogP contribution is -2.39. The second-order valence-corrected chi connectivity index (χ2v) is 10.5. The molecule has 1 atom stereocenters. The summed E-state index contributed by atoms with van der Waals surface area (Å²) in [6, 6.07) is 12.6. The van der Waals surface area contributed by atoms with Gasteiger partial charge in [0.05, 0.1) is 10.9 Å². The maximum Gasteiger partial charge on any atom is 0.263 e. The zero-order chi connectivity index (χ0) is 22.7. The van der Waals surface area contributed by atoms with Crippen LogP contribution in [0.5, 0.6) is 0 Å². The standard InChI is InChI=1S/C23H26N4O3S2.H2/c1-16-3-4-17(2)18(15-16)9-11-24-21-10-13-27(22(21)28)19-5-7-20(8-6-19)32(29,30)26-23-25-12-14-31-23;/h3-8,12,14-15,21,24H,9-11,13H2,1-2H3,(H,25,26);1H/t21-;/m0./s1. The second kappa shape index (κ2) is 9.40. The van der Waals surface area contributed by atoms with E-state index in [1.165, 1.54) is 46.4 Å². The minimum atomic E-state index is -3.71. The van der Waals surface area contributed by atoms with Crippen molar-refractivity contribution in [3.05, 3.63) is 70.7 Å². The summed E-state index contributed by atoms with van der Waals surface area (Å²) >= 11 is 1.21. The molecule has 1 aromatic heterocycles. The number of hydrogen-bond acceptors (Lipinski definition) is 6. The van der Waals surface area contributed by atoms with Crippen molar-refractivity contribution >= 4 is 38.1 Å². The topological polar surface area (TPSA) is 91.4 Å². The number of nitrogens with zero attached hydrogens (tertiary/aromatic N) is 2. The number of benzene rings is 2. The molecule has 0 unspecified atom stereocenters. The first-order valence-electron chi connectivity index (χ1n) is 10.5. The molecule has 7 nitrogen and oxygen atoms in total. The quantitative estimate of drug-likeness (QED) is 0.521. The van der Waals surface area contributed by atoms with Gasteiger partial charge in [0.15, 0.2) is 5.13 Å². The summed E-state index contributed by atoms with van der Waals surface area (Å²) in [4.78, 5) is 18.7. The molecule has 0 bridgehead atoms. The van der Waals surface area contributed by atoms with Crippen LogP contribution in [0.4, 0.5) is 10.8 Å². The van der Waals surface area contributed by atoms with Crippen LogP contribution in [-0.2, 0) is 21.2 Å². The van der Waals surface area contributed by atoms with Gasteiger partial charge in [-0.2, -0.15) is 0 Å². The molecule has 1 fully saturated rings. The molecule has 32 heavy (non-hydrogen) atoms. The first-order chi connectivity index (χ1) is 15.3. The van der Waals surface area contributed by atoms with Gasteiger partial charge in [0.1, 0.15) is 0 Å². The summed E-state index contributed by atoms with van der Waals surface area (Å²) in [5.41, 5.74) is 4.49. The van der Waals surface area contributed by atoms with Gasteiger partial charge in [-0.3, -0.25) is 9.52 Å². The van der Waals surface area contributed by atoms with E-state index in [1.807, 2.05) is 0 Å². The summed E-state index contributed by atoms with van der Waals surface area (Å²) in [6.07, 6.45) is 3.13. The zero-order valence-electron chi connectivity index (χ0n) is 18.0. The number of anilines is 2. The average Bonchev–Trinajstić information content (AvgIpc) is 3.40. The van der Waals surface area contributed by atoms with Crippen molar-refractivity contribution in [3.8, 4) is 0 Å². The van der Waals surface area contributed by atoms with Crippen LogP contribution >= 0.6 is 11.3 Å². The molecule has 2 heterocycles. The maximum absolute atomic E-state index is 12.9. The van der Waals surface area contributed by atoms with Gasteiger partial charge >= 0.3 is 0 Å². The summed E-state index contributed by atoms with van der Waals surface area (Å²) < 4.78 is 27.4. The van der Waals surface area contributed by atoms with Crippen LogP contribution < -0.4 is 14.9 Å². The number of sulfonamides is 1. The smallest absolute Gasteiger partial charge is 0.263 e. The van der Waals surface area contributed by atoms with E-state index in [-0.39, 0.29) is 18.3 Å². The molecule has 1 saturated heterocycles. The molecule has 4 rings (SSSR count). The van der Waals surface area contributed by atoms with Crippen LogP contribution in [0, 0.1) is 13.8 Å². The molecule has 1 aliphatic heterocycles. The summed E-state index contributed by atoms with van der Waals surface area (Å²) in [5, 5.41) is 5.40. The molecule has 0 radical (unpaired) electrons. The molecule has 0 spiro atoms. The Bertz CT molecular complexity index is 1200. The molecule has 1 aliphatic rings. The third-order valence-corrected chi connectivity index (χ3v) is 7.78. The van der Waals surface area contributed by atoms with Crippen molar-refractivity contribution in [2.75, 3.05) is 22.7 Å². The Hall–Kier alpha value is -2.75. The molecule has 1 amide bonds. The minimum Gasteiger partial charge on any atom is -0.311 e. The van der Waals surface area contributed by atoms with Crippen LogP contribution in [0.1, 0.15) is 24.5 Å². The first kappa shape index (κ1) is 22.4. The Morgan fingerprint density at radius 3 is 2.69 bits per heavy atom. The summed E-state index contributed by atoms with van der Waals surface area (Å²) in [5.74, 6) is 0.0162. The Kier molecular flexibility index (Phi) is 6.59. The van der Waals surface area contributed by atoms with Crippen molar-refractivity contribution < 1.29 is 14.6 Å². The van der Waals surface area contributed by atoms with E-state index in [1.54, 1.807) is 22.4 Å². The van der Waals surface area contributed by atoms with Gasteiger partial charge in [0, 0.05) is 25.2 Å². The fraction of sp³-hybridized carbons (Fsp3) is 0.304. The average molecular weight is 473 g/mol. The van der Waals surface area contributed by atoms with E-state index in [9.17, 15) is 13.2 Å². The number of aryl methyl sites for hydroxylation is 2. The van der Waals surface area contributed by atoms with E-state index in [4.69, 9.17) is 0 Å². The normalized spacial score (nSPS) is 16.5. The van der Waals surface area contributed by atoms with Crippen LogP contribution in [-0.4, -0.2) is 38.4 Å². The molecular weight excluding hydrogens is 444 g/mol. The number of carbonyl (C=O) groups excluding carboxylic acids is 1. The number of carbonyl (C=O) groups is 1. The largest absolute Gasteiger partial charge is 0.311 e. The molecule has 170 valence electrons. The maximum atomic E-state index is 12.9. The van der Waals surface area contributed by atoms with Crippen LogP contribution in [0.25, 0.3) is 0 Å². The highest BCUT2D eigenvalue weighted by atomic mass is 32.2. The summed E-state index contributed by atoms with van der Waals surface area (Å²) in [7, 11) is -3.71. The zero-order valence-corrected chi connectivity index (χ0v) is 19.7. The van der Waals surface area contributed by atoms with Gasteiger partial charge in [-0.15, -0.1) is 11.3 Å². The van der Waals surface area contributed by atoms with E-state index >= 15 is 0 Å². The van der Waals surface area contributed by atoms with Gasteiger partial charge in [-0.1, -0.05) is 23.8 Å². The van der Waals surface area contributed by atoms with Crippen molar-refractivity contribution in [2.45, 2.75) is 37.6 Å². The second-order valence-electron chi connectivity index (χ2n) is 7.90. The molecule has 3 aromatic rings. The van der Waals surface area contributed by atoms with Crippen LogP contribution in [0.3, 0.4) is 0 Å². The van der Waals surface area contributed by atoms with E-state index in [2.05, 4.69) is 47.1 Å². The SMILES string of the molecule is Cc1ccc(C)c(CCN[C@H]2CCN(c3ccc(S(=O)(=O)Nc4nccs4)cc3)C2=O)c1.[HH]. The molecular formula is C23H28N4O3S2. The van der Waals surface area contributed by atoms with Crippen molar-refractivity contribution in [1.82, 2.24) is 10.3 Å². The highest BCUT2D eigenvalue weighted by Gasteiger charge is 2.32. The predicted octanol–water partition coefficient (Wildman–Crippen LogP) is 3.74. The predicted molar refractivity (Wildman–Crippen MR) is 130 cm³/mol. The van der Waals surface area contributed by atoms with Crippen molar-refractivity contribution in [3.63, 3.8) is 0 Å². The Morgan fingerprint density at radius 2 is 1.97 bits per heavy atom. The van der Waals surface area contributed by atoms with Crippen molar-refractivity contribution in [1.29, 1.82) is 0 Å². The Morgan fingerprint density at radius 1 is 1.19 bits per heavy atom.